The molecule has 3 rings (SSSR count). The van der Waals surface area contributed by atoms with Crippen molar-refractivity contribution in [2.75, 3.05) is 24.4 Å². The Labute approximate surface area is 196 Å². The van der Waals surface area contributed by atoms with Crippen molar-refractivity contribution in [3.05, 3.63) is 89.5 Å². The van der Waals surface area contributed by atoms with Crippen LogP contribution in [0.4, 0.5) is 16.2 Å². The number of amides is 4. The van der Waals surface area contributed by atoms with E-state index < -0.39 is 30.4 Å². The number of nitrogens with one attached hydrogen (secondary N) is 3. The molecule has 0 aliphatic rings. The van der Waals surface area contributed by atoms with Crippen LogP contribution in [0.25, 0.3) is 0 Å². The highest BCUT2D eigenvalue weighted by Crippen LogP contribution is 2.18. The highest BCUT2D eigenvalue weighted by Gasteiger charge is 2.17. The average Bonchev–Trinajstić information content (AvgIpc) is 2.83. The minimum atomic E-state index is -0.828. The summed E-state index contributed by atoms with van der Waals surface area (Å²) in [6, 6.07) is 19.0. The normalized spacial score (nSPS) is 10.1. The van der Waals surface area contributed by atoms with Gasteiger partial charge in [-0.25, -0.2) is 9.59 Å². The minimum Gasteiger partial charge on any atom is -0.497 e. The molecule has 0 unspecified atom stereocenters. The molecule has 0 saturated carbocycles. The van der Waals surface area contributed by atoms with Crippen molar-refractivity contribution >= 4 is 35.2 Å². The van der Waals surface area contributed by atoms with Crippen molar-refractivity contribution in [1.29, 1.82) is 0 Å². The van der Waals surface area contributed by atoms with E-state index in [4.69, 9.17) is 9.47 Å². The fourth-order valence-corrected chi connectivity index (χ4v) is 2.96. The van der Waals surface area contributed by atoms with Gasteiger partial charge in [0.25, 0.3) is 11.8 Å². The number of carbonyl (C=O) groups excluding carboxylic acids is 4. The van der Waals surface area contributed by atoms with Crippen molar-refractivity contribution in [2.45, 2.75) is 6.92 Å². The molecule has 0 aliphatic heterocycles. The van der Waals surface area contributed by atoms with E-state index in [9.17, 15) is 19.2 Å². The van der Waals surface area contributed by atoms with Gasteiger partial charge in [-0.1, -0.05) is 29.8 Å². The van der Waals surface area contributed by atoms with E-state index in [1.165, 1.54) is 13.2 Å². The first-order valence-electron chi connectivity index (χ1n) is 10.2. The smallest absolute Gasteiger partial charge is 0.340 e. The maximum atomic E-state index is 12.5. The molecule has 0 saturated heterocycles. The van der Waals surface area contributed by atoms with E-state index in [-0.39, 0.29) is 11.3 Å². The summed E-state index contributed by atoms with van der Waals surface area (Å²) in [6.07, 6.45) is 0. The van der Waals surface area contributed by atoms with Crippen molar-refractivity contribution < 1.29 is 28.7 Å². The third-order valence-electron chi connectivity index (χ3n) is 4.61. The predicted octanol–water partition coefficient (Wildman–Crippen LogP) is 3.76. The largest absolute Gasteiger partial charge is 0.497 e. The van der Waals surface area contributed by atoms with E-state index in [0.29, 0.717) is 17.0 Å². The number of hydrogen-bond donors (Lipinski definition) is 3. The fraction of sp³-hybridized carbons (Fsp3) is 0.120. The summed E-state index contributed by atoms with van der Waals surface area (Å²) >= 11 is 0. The summed E-state index contributed by atoms with van der Waals surface area (Å²) in [6.45, 7) is 1.18. The molecular formula is C25H23N3O6. The molecular weight excluding hydrogens is 438 g/mol. The van der Waals surface area contributed by atoms with Crippen molar-refractivity contribution in [3.63, 3.8) is 0 Å². The van der Waals surface area contributed by atoms with Crippen LogP contribution in [0.2, 0.25) is 0 Å². The molecule has 9 nitrogen and oxygen atoms in total. The molecule has 0 aliphatic carbocycles. The number of benzene rings is 3. The van der Waals surface area contributed by atoms with Gasteiger partial charge in [-0.2, -0.15) is 0 Å². The first-order valence-corrected chi connectivity index (χ1v) is 10.2. The monoisotopic (exact) mass is 461 g/mol. The zero-order chi connectivity index (χ0) is 24.5. The van der Waals surface area contributed by atoms with Gasteiger partial charge in [-0.05, 0) is 55.5 Å². The molecule has 4 amide bonds. The molecule has 34 heavy (non-hydrogen) atoms. The zero-order valence-electron chi connectivity index (χ0n) is 18.6. The Bertz CT molecular complexity index is 1210. The van der Waals surface area contributed by atoms with E-state index >= 15 is 0 Å². The van der Waals surface area contributed by atoms with Crippen LogP contribution in [-0.2, 0) is 9.53 Å². The van der Waals surface area contributed by atoms with Gasteiger partial charge < -0.3 is 20.1 Å². The van der Waals surface area contributed by atoms with Gasteiger partial charge in [-0.3, -0.25) is 14.9 Å². The third kappa shape index (κ3) is 6.67. The van der Waals surface area contributed by atoms with E-state index in [1.54, 1.807) is 60.7 Å². The van der Waals surface area contributed by atoms with Gasteiger partial charge in [-0.15, -0.1) is 0 Å². The SMILES string of the molecule is COc1ccc(NC(=O)NC(=O)COC(=O)c2ccccc2NC(=O)c2cccc(C)c2)cc1. The number of rotatable bonds is 7. The van der Waals surface area contributed by atoms with Gasteiger partial charge in [0.05, 0.1) is 18.4 Å². The van der Waals surface area contributed by atoms with E-state index in [2.05, 4.69) is 16.0 Å². The fourth-order valence-electron chi connectivity index (χ4n) is 2.96. The molecule has 3 N–H and O–H groups in total. The number of imide groups is 1. The second kappa shape index (κ2) is 11.3. The first kappa shape index (κ1) is 24.0. The lowest BCUT2D eigenvalue weighted by molar-refractivity contribution is -0.123. The molecule has 0 fully saturated rings. The Morgan fingerprint density at radius 3 is 2.29 bits per heavy atom. The van der Waals surface area contributed by atoms with Crippen LogP contribution in [0.5, 0.6) is 5.75 Å². The lowest BCUT2D eigenvalue weighted by Crippen LogP contribution is -2.37. The van der Waals surface area contributed by atoms with Crippen molar-refractivity contribution in [3.8, 4) is 5.75 Å². The van der Waals surface area contributed by atoms with Crippen LogP contribution >= 0.6 is 0 Å². The van der Waals surface area contributed by atoms with Crippen LogP contribution < -0.4 is 20.7 Å². The van der Waals surface area contributed by atoms with Gasteiger partial charge in [0.1, 0.15) is 5.75 Å². The molecule has 0 bridgehead atoms. The molecule has 9 heteroatoms. The Hall–Kier alpha value is -4.66. The average molecular weight is 461 g/mol. The standard InChI is InChI=1S/C25H23N3O6/c1-16-6-5-7-17(14-16)23(30)27-21-9-4-3-8-20(21)24(31)34-15-22(29)28-25(32)26-18-10-12-19(33-2)13-11-18/h3-14H,15H2,1-2H3,(H,27,30)(H2,26,28,29,32). The Morgan fingerprint density at radius 1 is 0.853 bits per heavy atom. The van der Waals surface area contributed by atoms with E-state index in [0.717, 1.165) is 5.56 Å². The maximum Gasteiger partial charge on any atom is 0.340 e. The second-order valence-electron chi connectivity index (χ2n) is 7.18. The lowest BCUT2D eigenvalue weighted by atomic mass is 10.1. The molecule has 3 aromatic carbocycles. The number of methoxy groups -OCH3 is 1. The van der Waals surface area contributed by atoms with E-state index in [1.807, 2.05) is 13.0 Å². The summed E-state index contributed by atoms with van der Waals surface area (Å²) in [5.74, 6) is -1.42. The zero-order valence-corrected chi connectivity index (χ0v) is 18.6. The number of para-hydroxylation sites is 1. The minimum absolute atomic E-state index is 0.0685. The Kier molecular flexibility index (Phi) is 7.96. The molecule has 174 valence electrons. The number of hydrogen-bond acceptors (Lipinski definition) is 6. The van der Waals surface area contributed by atoms with Crippen LogP contribution in [0, 0.1) is 6.92 Å². The summed E-state index contributed by atoms with van der Waals surface area (Å²) < 4.78 is 10.1. The molecule has 3 aromatic rings. The second-order valence-corrected chi connectivity index (χ2v) is 7.18. The summed E-state index contributed by atoms with van der Waals surface area (Å²) in [7, 11) is 1.52. The Balaban J connectivity index is 1.54. The van der Waals surface area contributed by atoms with Gasteiger partial charge >= 0.3 is 12.0 Å². The quantitative estimate of drug-likeness (QED) is 0.461. The first-order chi connectivity index (χ1) is 16.4. The van der Waals surface area contributed by atoms with Gasteiger partial charge in [0.2, 0.25) is 0 Å². The summed E-state index contributed by atoms with van der Waals surface area (Å²) in [5.41, 5.74) is 2.10. The predicted molar refractivity (Wildman–Crippen MR) is 126 cm³/mol. The third-order valence-corrected chi connectivity index (χ3v) is 4.61. The molecule has 0 aromatic heterocycles. The lowest BCUT2D eigenvalue weighted by Gasteiger charge is -2.11. The number of aryl methyl sites for hydroxylation is 1. The van der Waals surface area contributed by atoms with Crippen LogP contribution in [-0.4, -0.2) is 37.5 Å². The molecule has 0 heterocycles. The Morgan fingerprint density at radius 2 is 1.59 bits per heavy atom. The van der Waals surface area contributed by atoms with Gasteiger partial charge in [0.15, 0.2) is 6.61 Å². The number of ether oxygens (including phenoxy) is 2. The summed E-state index contributed by atoms with van der Waals surface area (Å²) in [5, 5.41) is 7.23. The van der Waals surface area contributed by atoms with Crippen LogP contribution in [0.3, 0.4) is 0 Å². The maximum absolute atomic E-state index is 12.5. The number of esters is 1. The highest BCUT2D eigenvalue weighted by molar-refractivity contribution is 6.08. The van der Waals surface area contributed by atoms with Crippen LogP contribution in [0.15, 0.2) is 72.8 Å². The van der Waals surface area contributed by atoms with Gasteiger partial charge in [0, 0.05) is 11.3 Å². The molecule has 0 spiro atoms. The van der Waals surface area contributed by atoms with Crippen molar-refractivity contribution in [1.82, 2.24) is 5.32 Å². The molecule has 0 atom stereocenters. The highest BCUT2D eigenvalue weighted by atomic mass is 16.5. The number of urea groups is 1. The van der Waals surface area contributed by atoms with Crippen molar-refractivity contribution in [2.24, 2.45) is 0 Å². The number of carbonyl (C=O) groups is 4. The topological polar surface area (TPSA) is 123 Å². The summed E-state index contributed by atoms with van der Waals surface area (Å²) in [4.78, 5) is 49.0. The number of anilines is 2. The van der Waals surface area contributed by atoms with Crippen LogP contribution in [0.1, 0.15) is 26.3 Å². The molecule has 0 radical (unpaired) electrons.